The van der Waals surface area contributed by atoms with Gasteiger partial charge in [-0.2, -0.15) is 0 Å². The van der Waals surface area contributed by atoms with Gasteiger partial charge in [-0.15, -0.1) is 0 Å². The van der Waals surface area contributed by atoms with Crippen LogP contribution in [0.4, 0.5) is 0 Å². The van der Waals surface area contributed by atoms with Crippen molar-refractivity contribution < 1.29 is 0 Å². The van der Waals surface area contributed by atoms with E-state index < -0.39 is 0 Å². The van der Waals surface area contributed by atoms with Gasteiger partial charge < -0.3 is 0 Å². The van der Waals surface area contributed by atoms with Crippen molar-refractivity contribution in [1.82, 2.24) is 0 Å². The van der Waals surface area contributed by atoms with Gasteiger partial charge in [-0.05, 0) is 24.8 Å². The van der Waals surface area contributed by atoms with Gasteiger partial charge in [-0.25, -0.2) is 0 Å². The molecule has 0 bridgehead atoms. The molecule has 0 saturated carbocycles. The molecule has 10 heavy (non-hydrogen) atoms. The second-order valence-electron chi connectivity index (χ2n) is 3.01. The summed E-state index contributed by atoms with van der Waals surface area (Å²) in [5.74, 6) is 0.681. The zero-order chi connectivity index (χ0) is 7.56. The van der Waals surface area contributed by atoms with E-state index in [1.54, 1.807) is 0 Å². The molecule has 0 spiro atoms. The van der Waals surface area contributed by atoms with Crippen LogP contribution in [-0.2, 0) is 0 Å². The number of halogens is 1. The fourth-order valence-electron chi connectivity index (χ4n) is 1.11. The van der Waals surface area contributed by atoms with Gasteiger partial charge in [0.15, 0.2) is 0 Å². The summed E-state index contributed by atoms with van der Waals surface area (Å²) in [4.78, 5) is 0. The standard InChI is InChI=1S/C9H13Cl/c1-7(2)8-3-5-9(10)6-4-8/h3,5,7H,4,6H2,1-2H3. The molecule has 56 valence electrons. The van der Waals surface area contributed by atoms with Crippen LogP contribution in [0.2, 0.25) is 0 Å². The lowest BCUT2D eigenvalue weighted by molar-refractivity contribution is 0.707. The quantitative estimate of drug-likeness (QED) is 0.545. The van der Waals surface area contributed by atoms with E-state index in [0.717, 1.165) is 17.9 Å². The van der Waals surface area contributed by atoms with Gasteiger partial charge in [0.1, 0.15) is 0 Å². The fraction of sp³-hybridized carbons (Fsp3) is 0.556. The van der Waals surface area contributed by atoms with Gasteiger partial charge in [0.2, 0.25) is 0 Å². The van der Waals surface area contributed by atoms with Gasteiger partial charge in [0.05, 0.1) is 0 Å². The summed E-state index contributed by atoms with van der Waals surface area (Å²) in [5.41, 5.74) is 1.52. The smallest absolute Gasteiger partial charge is 0.0184 e. The average Bonchev–Trinajstić information content (AvgIpc) is 1.88. The lowest BCUT2D eigenvalue weighted by Crippen LogP contribution is -1.96. The van der Waals surface area contributed by atoms with Crippen LogP contribution in [0, 0.1) is 5.92 Å². The van der Waals surface area contributed by atoms with Crippen molar-refractivity contribution in [2.24, 2.45) is 5.92 Å². The number of hydrogen-bond acceptors (Lipinski definition) is 0. The Morgan fingerprint density at radius 3 is 2.40 bits per heavy atom. The molecule has 0 unspecified atom stereocenters. The van der Waals surface area contributed by atoms with Crippen molar-refractivity contribution in [2.45, 2.75) is 26.7 Å². The highest BCUT2D eigenvalue weighted by atomic mass is 35.5. The minimum atomic E-state index is 0.681. The van der Waals surface area contributed by atoms with E-state index in [4.69, 9.17) is 11.6 Å². The molecule has 1 heteroatoms. The number of allylic oxidation sites excluding steroid dienone is 4. The van der Waals surface area contributed by atoms with Gasteiger partial charge in [0, 0.05) is 5.03 Å². The second kappa shape index (κ2) is 3.25. The normalized spacial score (nSPS) is 18.8. The van der Waals surface area contributed by atoms with Crippen molar-refractivity contribution >= 4 is 11.6 Å². The summed E-state index contributed by atoms with van der Waals surface area (Å²) >= 11 is 5.80. The molecule has 0 saturated heterocycles. The molecule has 0 fully saturated rings. The predicted molar refractivity (Wildman–Crippen MR) is 46.1 cm³/mol. The van der Waals surface area contributed by atoms with Gasteiger partial charge >= 0.3 is 0 Å². The summed E-state index contributed by atoms with van der Waals surface area (Å²) < 4.78 is 0. The molecule has 0 atom stereocenters. The van der Waals surface area contributed by atoms with E-state index in [2.05, 4.69) is 19.9 Å². The first kappa shape index (κ1) is 7.87. The molecule has 0 aromatic carbocycles. The summed E-state index contributed by atoms with van der Waals surface area (Å²) in [7, 11) is 0. The summed E-state index contributed by atoms with van der Waals surface area (Å²) in [5, 5.41) is 0.990. The molecule has 0 heterocycles. The molecule has 1 rings (SSSR count). The first-order chi connectivity index (χ1) is 4.70. The van der Waals surface area contributed by atoms with Crippen LogP contribution in [0.25, 0.3) is 0 Å². The van der Waals surface area contributed by atoms with Crippen molar-refractivity contribution in [3.05, 3.63) is 22.8 Å². The van der Waals surface area contributed by atoms with E-state index in [1.807, 2.05) is 6.08 Å². The van der Waals surface area contributed by atoms with E-state index in [9.17, 15) is 0 Å². The van der Waals surface area contributed by atoms with Crippen LogP contribution in [0.15, 0.2) is 22.8 Å². The highest BCUT2D eigenvalue weighted by Gasteiger charge is 2.06. The Labute approximate surface area is 67.6 Å². The van der Waals surface area contributed by atoms with Gasteiger partial charge in [-0.1, -0.05) is 37.1 Å². The Hall–Kier alpha value is -0.230. The Balaban J connectivity index is 2.64. The van der Waals surface area contributed by atoms with Crippen LogP contribution >= 0.6 is 11.6 Å². The van der Waals surface area contributed by atoms with Crippen LogP contribution in [0.1, 0.15) is 26.7 Å². The van der Waals surface area contributed by atoms with Crippen molar-refractivity contribution in [2.75, 3.05) is 0 Å². The summed E-state index contributed by atoms with van der Waals surface area (Å²) in [6, 6.07) is 0. The molecule has 0 aliphatic heterocycles. The monoisotopic (exact) mass is 156 g/mol. The fourth-order valence-corrected chi connectivity index (χ4v) is 1.27. The third-order valence-corrected chi connectivity index (χ3v) is 2.19. The highest BCUT2D eigenvalue weighted by Crippen LogP contribution is 2.25. The Kier molecular flexibility index (Phi) is 2.56. The van der Waals surface area contributed by atoms with E-state index in [-0.39, 0.29) is 0 Å². The minimum Gasteiger partial charge on any atom is -0.0891 e. The maximum atomic E-state index is 5.80. The molecule has 0 aromatic heterocycles. The van der Waals surface area contributed by atoms with Crippen LogP contribution < -0.4 is 0 Å². The Morgan fingerprint density at radius 2 is 2.00 bits per heavy atom. The van der Waals surface area contributed by atoms with Crippen LogP contribution in [-0.4, -0.2) is 0 Å². The van der Waals surface area contributed by atoms with E-state index in [1.165, 1.54) is 5.57 Å². The van der Waals surface area contributed by atoms with Crippen LogP contribution in [0.3, 0.4) is 0 Å². The number of rotatable bonds is 1. The highest BCUT2D eigenvalue weighted by molar-refractivity contribution is 6.29. The molecule has 0 nitrogen and oxygen atoms in total. The van der Waals surface area contributed by atoms with E-state index in [0.29, 0.717) is 5.92 Å². The molecular weight excluding hydrogens is 144 g/mol. The molecule has 1 aliphatic rings. The minimum absolute atomic E-state index is 0.681. The third kappa shape index (κ3) is 1.88. The molecule has 0 amide bonds. The largest absolute Gasteiger partial charge is 0.0891 e. The topological polar surface area (TPSA) is 0 Å². The maximum absolute atomic E-state index is 5.80. The zero-order valence-corrected chi connectivity index (χ0v) is 7.28. The average molecular weight is 157 g/mol. The third-order valence-electron chi connectivity index (χ3n) is 1.87. The SMILES string of the molecule is CC(C)C1=CC=C(Cl)CC1. The Bertz CT molecular complexity index is 175. The Morgan fingerprint density at radius 1 is 1.30 bits per heavy atom. The first-order valence-corrected chi connectivity index (χ1v) is 4.13. The second-order valence-corrected chi connectivity index (χ2v) is 3.50. The first-order valence-electron chi connectivity index (χ1n) is 3.75. The van der Waals surface area contributed by atoms with Crippen molar-refractivity contribution in [3.8, 4) is 0 Å². The molecular formula is C9H13Cl. The van der Waals surface area contributed by atoms with Crippen LogP contribution in [0.5, 0.6) is 0 Å². The van der Waals surface area contributed by atoms with Gasteiger partial charge in [0.25, 0.3) is 0 Å². The van der Waals surface area contributed by atoms with Crippen molar-refractivity contribution in [1.29, 1.82) is 0 Å². The zero-order valence-electron chi connectivity index (χ0n) is 6.52. The maximum Gasteiger partial charge on any atom is 0.0184 e. The lowest BCUT2D eigenvalue weighted by atomic mass is 9.95. The van der Waals surface area contributed by atoms with Gasteiger partial charge in [-0.3, -0.25) is 0 Å². The number of hydrogen-bond donors (Lipinski definition) is 0. The summed E-state index contributed by atoms with van der Waals surface area (Å²) in [6.45, 7) is 4.44. The molecule has 0 aromatic rings. The predicted octanol–water partition coefficient (Wildman–Crippen LogP) is 3.49. The molecule has 0 radical (unpaired) electrons. The van der Waals surface area contributed by atoms with Crippen molar-refractivity contribution in [3.63, 3.8) is 0 Å². The lowest BCUT2D eigenvalue weighted by Gasteiger charge is -2.13. The van der Waals surface area contributed by atoms with E-state index >= 15 is 0 Å². The molecule has 0 N–H and O–H groups in total. The summed E-state index contributed by atoms with van der Waals surface area (Å²) in [6.07, 6.45) is 6.34. The molecule has 1 aliphatic carbocycles.